The van der Waals surface area contributed by atoms with Crippen molar-refractivity contribution in [3.63, 3.8) is 0 Å². The fraction of sp³-hybridized carbons (Fsp3) is 0.524. The third kappa shape index (κ3) is 2.99. The van der Waals surface area contributed by atoms with Gasteiger partial charge in [0.15, 0.2) is 0 Å². The largest absolute Gasteiger partial charge is 0.481 e. The van der Waals surface area contributed by atoms with Crippen molar-refractivity contribution in [3.8, 4) is 0 Å². The van der Waals surface area contributed by atoms with Gasteiger partial charge in [-0.2, -0.15) is 0 Å². The van der Waals surface area contributed by atoms with Gasteiger partial charge < -0.3 is 10.0 Å². The maximum Gasteiger partial charge on any atom is 0.308 e. The van der Waals surface area contributed by atoms with E-state index in [1.165, 1.54) is 15.9 Å². The summed E-state index contributed by atoms with van der Waals surface area (Å²) in [5.74, 6) is -2.49. The van der Waals surface area contributed by atoms with Crippen LogP contribution in [-0.4, -0.2) is 57.7 Å². The number of carbonyl (C=O) groups excluding carboxylic acids is 3. The smallest absolute Gasteiger partial charge is 0.308 e. The Morgan fingerprint density at radius 3 is 2.32 bits per heavy atom. The number of rotatable bonds is 3. The molecule has 1 aromatic carbocycles. The zero-order chi connectivity index (χ0) is 20.0. The maximum absolute atomic E-state index is 12.9. The lowest BCUT2D eigenvalue weighted by atomic mass is 9.94. The Kier molecular flexibility index (Phi) is 4.69. The van der Waals surface area contributed by atoms with Crippen LogP contribution in [0, 0.1) is 11.8 Å². The third-order valence-corrected chi connectivity index (χ3v) is 6.32. The van der Waals surface area contributed by atoms with E-state index in [0.717, 1.165) is 32.1 Å². The quantitative estimate of drug-likeness (QED) is 0.808. The molecule has 2 aliphatic heterocycles. The fourth-order valence-electron chi connectivity index (χ4n) is 4.70. The van der Waals surface area contributed by atoms with E-state index in [4.69, 9.17) is 0 Å². The van der Waals surface area contributed by atoms with Gasteiger partial charge in [-0.05, 0) is 37.0 Å². The Morgan fingerprint density at radius 2 is 1.68 bits per heavy atom. The van der Waals surface area contributed by atoms with Crippen LogP contribution in [0.25, 0.3) is 0 Å². The molecule has 0 radical (unpaired) electrons. The van der Waals surface area contributed by atoms with E-state index in [-0.39, 0.29) is 41.8 Å². The summed E-state index contributed by atoms with van der Waals surface area (Å²) in [6, 6.07) is 4.56. The van der Waals surface area contributed by atoms with E-state index in [1.807, 2.05) is 6.92 Å². The van der Waals surface area contributed by atoms with Crippen LogP contribution in [0.15, 0.2) is 18.2 Å². The van der Waals surface area contributed by atoms with E-state index in [9.17, 15) is 24.3 Å². The summed E-state index contributed by atoms with van der Waals surface area (Å²) in [4.78, 5) is 52.7. The molecule has 2 fully saturated rings. The summed E-state index contributed by atoms with van der Waals surface area (Å²) < 4.78 is 0. The van der Waals surface area contributed by atoms with Crippen LogP contribution in [-0.2, 0) is 4.79 Å². The van der Waals surface area contributed by atoms with Crippen LogP contribution < -0.4 is 0 Å². The molecule has 1 N–H and O–H groups in total. The Morgan fingerprint density at radius 1 is 1.00 bits per heavy atom. The van der Waals surface area contributed by atoms with E-state index in [2.05, 4.69) is 0 Å². The van der Waals surface area contributed by atoms with Crippen LogP contribution in [0.5, 0.6) is 0 Å². The molecular formula is C21H24N2O5. The molecule has 0 aromatic heterocycles. The number of fused-ring (bicyclic) bond motifs is 1. The van der Waals surface area contributed by atoms with Crippen molar-refractivity contribution < 1.29 is 24.3 Å². The second-order valence-electron chi connectivity index (χ2n) is 8.16. The van der Waals surface area contributed by atoms with Gasteiger partial charge in [-0.1, -0.05) is 26.2 Å². The highest BCUT2D eigenvalue weighted by molar-refractivity contribution is 6.22. The number of carboxylic acid groups (broad SMARTS) is 1. The number of hydrogen-bond donors (Lipinski definition) is 1. The minimum atomic E-state index is -0.902. The van der Waals surface area contributed by atoms with Crippen LogP contribution in [0.2, 0.25) is 0 Å². The lowest BCUT2D eigenvalue weighted by molar-refractivity contribution is -0.142. The minimum absolute atomic E-state index is 0.0592. The van der Waals surface area contributed by atoms with Gasteiger partial charge in [-0.3, -0.25) is 24.1 Å². The SMILES string of the molecule is C[C@@H]1CN(C(=O)c2ccc3c(c2)C(=O)N(C2CCCCC2)C3=O)C[C@H]1C(=O)O. The first-order chi connectivity index (χ1) is 13.4. The lowest BCUT2D eigenvalue weighted by Crippen LogP contribution is -2.40. The Hall–Kier alpha value is -2.70. The highest BCUT2D eigenvalue weighted by atomic mass is 16.4. The summed E-state index contributed by atoms with van der Waals surface area (Å²) in [7, 11) is 0. The van der Waals surface area contributed by atoms with Crippen LogP contribution in [0.4, 0.5) is 0 Å². The van der Waals surface area contributed by atoms with E-state index >= 15 is 0 Å². The van der Waals surface area contributed by atoms with Crippen molar-refractivity contribution in [2.24, 2.45) is 11.8 Å². The fourth-order valence-corrected chi connectivity index (χ4v) is 4.70. The van der Waals surface area contributed by atoms with Gasteiger partial charge in [-0.25, -0.2) is 0 Å². The molecule has 3 amide bonds. The molecule has 2 atom stereocenters. The molecule has 7 nitrogen and oxygen atoms in total. The molecule has 4 rings (SSSR count). The van der Waals surface area contributed by atoms with Gasteiger partial charge in [0, 0.05) is 24.7 Å². The summed E-state index contributed by atoms with van der Waals surface area (Å²) in [6.45, 7) is 2.35. The molecule has 0 bridgehead atoms. The van der Waals surface area contributed by atoms with Crippen LogP contribution >= 0.6 is 0 Å². The number of aliphatic carboxylic acids is 1. The number of amides is 3. The number of carbonyl (C=O) groups is 4. The topological polar surface area (TPSA) is 95.0 Å². The lowest BCUT2D eigenvalue weighted by Gasteiger charge is -2.29. The molecule has 1 aromatic rings. The van der Waals surface area contributed by atoms with Gasteiger partial charge >= 0.3 is 5.97 Å². The average molecular weight is 384 g/mol. The van der Waals surface area contributed by atoms with Gasteiger partial charge in [-0.15, -0.1) is 0 Å². The molecule has 7 heteroatoms. The minimum Gasteiger partial charge on any atom is -0.481 e. The predicted molar refractivity (Wildman–Crippen MR) is 100 cm³/mol. The number of carboxylic acids is 1. The number of nitrogens with zero attached hydrogens (tertiary/aromatic N) is 2. The number of hydrogen-bond acceptors (Lipinski definition) is 4. The summed E-state index contributed by atoms with van der Waals surface area (Å²) in [6.07, 6.45) is 4.82. The van der Waals surface area contributed by atoms with Gasteiger partial charge in [0.1, 0.15) is 0 Å². The van der Waals surface area contributed by atoms with Crippen molar-refractivity contribution in [2.75, 3.05) is 13.1 Å². The second kappa shape index (κ2) is 7.04. The molecule has 3 aliphatic rings. The monoisotopic (exact) mass is 384 g/mol. The molecule has 28 heavy (non-hydrogen) atoms. The number of benzene rings is 1. The van der Waals surface area contributed by atoms with E-state index in [1.54, 1.807) is 12.1 Å². The number of likely N-dealkylation sites (tertiary alicyclic amines) is 1. The summed E-state index contributed by atoms with van der Waals surface area (Å²) in [5, 5.41) is 9.27. The predicted octanol–water partition coefficient (Wildman–Crippen LogP) is 2.41. The first-order valence-corrected chi connectivity index (χ1v) is 9.92. The highest BCUT2D eigenvalue weighted by Crippen LogP contribution is 2.32. The average Bonchev–Trinajstić information content (AvgIpc) is 3.20. The Bertz CT molecular complexity index is 858. The summed E-state index contributed by atoms with van der Waals surface area (Å²) in [5.41, 5.74) is 0.956. The second-order valence-corrected chi connectivity index (χ2v) is 8.16. The van der Waals surface area contributed by atoms with Crippen molar-refractivity contribution >= 4 is 23.7 Å². The Labute approximate surface area is 163 Å². The molecule has 148 valence electrons. The Balaban J connectivity index is 1.56. The molecular weight excluding hydrogens is 360 g/mol. The summed E-state index contributed by atoms with van der Waals surface area (Å²) >= 11 is 0. The van der Waals surface area contributed by atoms with Crippen molar-refractivity contribution in [1.82, 2.24) is 9.80 Å². The van der Waals surface area contributed by atoms with Gasteiger partial charge in [0.25, 0.3) is 17.7 Å². The molecule has 1 saturated carbocycles. The normalized spacial score (nSPS) is 25.3. The van der Waals surface area contributed by atoms with Crippen LogP contribution in [0.1, 0.15) is 70.1 Å². The first kappa shape index (κ1) is 18.7. The number of imide groups is 1. The zero-order valence-electron chi connectivity index (χ0n) is 15.9. The molecule has 0 spiro atoms. The van der Waals surface area contributed by atoms with Crippen molar-refractivity contribution in [3.05, 3.63) is 34.9 Å². The molecule has 1 aliphatic carbocycles. The maximum atomic E-state index is 12.9. The van der Waals surface area contributed by atoms with Crippen molar-refractivity contribution in [1.29, 1.82) is 0 Å². The van der Waals surface area contributed by atoms with Gasteiger partial charge in [0.2, 0.25) is 0 Å². The van der Waals surface area contributed by atoms with Crippen LogP contribution in [0.3, 0.4) is 0 Å². The van der Waals surface area contributed by atoms with Crippen molar-refractivity contribution in [2.45, 2.75) is 45.1 Å². The third-order valence-electron chi connectivity index (χ3n) is 6.32. The molecule has 1 saturated heterocycles. The molecule has 0 unspecified atom stereocenters. The molecule has 2 heterocycles. The van der Waals surface area contributed by atoms with E-state index in [0.29, 0.717) is 17.7 Å². The standard InChI is InChI=1S/C21H24N2O5/c1-12-10-22(11-17(12)21(27)28)18(24)13-7-8-15-16(9-13)20(26)23(19(15)25)14-5-3-2-4-6-14/h7-9,12,14,17H,2-6,10-11H2,1H3,(H,27,28)/t12-,17-/m1/s1. The first-order valence-electron chi connectivity index (χ1n) is 9.92. The highest BCUT2D eigenvalue weighted by Gasteiger charge is 2.41. The zero-order valence-corrected chi connectivity index (χ0v) is 15.9. The van der Waals surface area contributed by atoms with E-state index < -0.39 is 11.9 Å². The van der Waals surface area contributed by atoms with Gasteiger partial charge in [0.05, 0.1) is 17.0 Å².